The van der Waals surface area contributed by atoms with Gasteiger partial charge in [0, 0.05) is 18.6 Å². The maximum absolute atomic E-state index is 10.4. The van der Waals surface area contributed by atoms with Crippen LogP contribution >= 0.6 is 0 Å². The highest BCUT2D eigenvalue weighted by Crippen LogP contribution is 2.11. The number of benzene rings is 1. The lowest BCUT2D eigenvalue weighted by molar-refractivity contribution is -0.384. The number of nitrogens with one attached hydrogen (secondary N) is 1. The summed E-state index contributed by atoms with van der Waals surface area (Å²) in [5.41, 5.74) is 1.11. The fourth-order valence-electron chi connectivity index (χ4n) is 1.51. The lowest BCUT2D eigenvalue weighted by Gasteiger charge is -2.03. The maximum Gasteiger partial charge on any atom is 0.303 e. The molecular weight excluding hydrogens is 236 g/mol. The highest BCUT2D eigenvalue weighted by atomic mass is 16.6. The molecule has 0 aromatic heterocycles. The van der Waals surface area contributed by atoms with Crippen LogP contribution in [0.5, 0.6) is 0 Å². The Morgan fingerprint density at radius 2 is 1.94 bits per heavy atom. The highest BCUT2D eigenvalue weighted by Gasteiger charge is 2.03. The molecule has 1 rings (SSSR count). The van der Waals surface area contributed by atoms with Gasteiger partial charge in [-0.15, -0.1) is 0 Å². The van der Waals surface area contributed by atoms with Crippen LogP contribution in [0.1, 0.15) is 18.4 Å². The van der Waals surface area contributed by atoms with Crippen molar-refractivity contribution in [2.45, 2.75) is 19.3 Å². The molecule has 0 aliphatic heterocycles. The first kappa shape index (κ1) is 14.1. The van der Waals surface area contributed by atoms with Crippen molar-refractivity contribution in [1.82, 2.24) is 5.32 Å². The summed E-state index contributed by atoms with van der Waals surface area (Å²) in [6.07, 6.45) is 1.55. The molecule has 6 nitrogen and oxygen atoms in total. The van der Waals surface area contributed by atoms with E-state index in [0.29, 0.717) is 13.0 Å². The van der Waals surface area contributed by atoms with Crippen LogP contribution in [0.25, 0.3) is 0 Å². The summed E-state index contributed by atoms with van der Waals surface area (Å²) in [6.45, 7) is 1.40. The Bertz CT molecular complexity index is 403. The Kier molecular flexibility index (Phi) is 5.79. The van der Waals surface area contributed by atoms with Crippen molar-refractivity contribution in [3.05, 3.63) is 39.9 Å². The van der Waals surface area contributed by atoms with Gasteiger partial charge in [-0.05, 0) is 31.5 Å². The first-order chi connectivity index (χ1) is 8.59. The Labute approximate surface area is 105 Å². The minimum atomic E-state index is -0.785. The second kappa shape index (κ2) is 7.39. The van der Waals surface area contributed by atoms with Crippen molar-refractivity contribution in [2.75, 3.05) is 13.1 Å². The molecule has 6 heteroatoms. The van der Waals surface area contributed by atoms with Crippen molar-refractivity contribution in [3.8, 4) is 0 Å². The molecule has 0 spiro atoms. The number of non-ortho nitro benzene ring substituents is 1. The number of carboxylic acids is 1. The molecule has 1 aromatic carbocycles. The van der Waals surface area contributed by atoms with Crippen LogP contribution in [0.3, 0.4) is 0 Å². The van der Waals surface area contributed by atoms with Gasteiger partial charge in [0.2, 0.25) is 0 Å². The Hall–Kier alpha value is -1.95. The van der Waals surface area contributed by atoms with Gasteiger partial charge in [0.1, 0.15) is 0 Å². The first-order valence-electron chi connectivity index (χ1n) is 5.75. The van der Waals surface area contributed by atoms with E-state index in [1.807, 2.05) is 0 Å². The van der Waals surface area contributed by atoms with E-state index in [2.05, 4.69) is 5.32 Å². The average Bonchev–Trinajstić information content (AvgIpc) is 2.34. The summed E-state index contributed by atoms with van der Waals surface area (Å²) in [6, 6.07) is 6.44. The van der Waals surface area contributed by atoms with Crippen LogP contribution in [0.2, 0.25) is 0 Å². The van der Waals surface area contributed by atoms with Gasteiger partial charge in [-0.1, -0.05) is 12.1 Å². The third kappa shape index (κ3) is 5.40. The molecule has 0 atom stereocenters. The van der Waals surface area contributed by atoms with Gasteiger partial charge in [-0.3, -0.25) is 14.9 Å². The fourth-order valence-corrected chi connectivity index (χ4v) is 1.51. The van der Waals surface area contributed by atoms with Gasteiger partial charge in [0.15, 0.2) is 0 Å². The van der Waals surface area contributed by atoms with Gasteiger partial charge >= 0.3 is 5.97 Å². The molecule has 1 aromatic rings. The van der Waals surface area contributed by atoms with E-state index in [1.54, 1.807) is 12.1 Å². The third-order valence-electron chi connectivity index (χ3n) is 2.48. The lowest BCUT2D eigenvalue weighted by atomic mass is 10.1. The third-order valence-corrected chi connectivity index (χ3v) is 2.48. The molecule has 2 N–H and O–H groups in total. The molecule has 0 fully saturated rings. The van der Waals surface area contributed by atoms with E-state index < -0.39 is 10.9 Å². The number of nitro benzene ring substituents is 1. The largest absolute Gasteiger partial charge is 0.481 e. The van der Waals surface area contributed by atoms with Gasteiger partial charge in [0.25, 0.3) is 5.69 Å². The molecule has 0 amide bonds. The van der Waals surface area contributed by atoms with Crippen molar-refractivity contribution in [1.29, 1.82) is 0 Å². The maximum atomic E-state index is 10.4. The van der Waals surface area contributed by atoms with E-state index in [1.165, 1.54) is 12.1 Å². The minimum absolute atomic E-state index is 0.0909. The van der Waals surface area contributed by atoms with Crippen molar-refractivity contribution in [2.24, 2.45) is 0 Å². The second-order valence-corrected chi connectivity index (χ2v) is 3.92. The van der Waals surface area contributed by atoms with Crippen LogP contribution in [-0.4, -0.2) is 29.1 Å². The number of nitrogens with zero attached hydrogens (tertiary/aromatic N) is 1. The Morgan fingerprint density at radius 3 is 2.50 bits per heavy atom. The van der Waals surface area contributed by atoms with E-state index >= 15 is 0 Å². The smallest absolute Gasteiger partial charge is 0.303 e. The minimum Gasteiger partial charge on any atom is -0.481 e. The average molecular weight is 252 g/mol. The van der Waals surface area contributed by atoms with E-state index in [9.17, 15) is 14.9 Å². The van der Waals surface area contributed by atoms with Gasteiger partial charge in [-0.2, -0.15) is 0 Å². The number of hydrogen-bond donors (Lipinski definition) is 2. The monoisotopic (exact) mass is 252 g/mol. The molecule has 0 radical (unpaired) electrons. The number of aliphatic carboxylic acids is 1. The summed E-state index contributed by atoms with van der Waals surface area (Å²) in [4.78, 5) is 20.3. The van der Waals surface area contributed by atoms with Crippen LogP contribution in [0.4, 0.5) is 5.69 Å². The zero-order valence-corrected chi connectivity index (χ0v) is 9.96. The van der Waals surface area contributed by atoms with Crippen molar-refractivity contribution < 1.29 is 14.8 Å². The molecule has 0 saturated carbocycles. The summed E-state index contributed by atoms with van der Waals surface area (Å²) >= 11 is 0. The SMILES string of the molecule is O=C(O)CCCNCCc1ccc([N+](=O)[O-])cc1. The van der Waals surface area contributed by atoms with Gasteiger partial charge < -0.3 is 10.4 Å². The molecule has 0 aliphatic carbocycles. The summed E-state index contributed by atoms with van der Waals surface area (Å²) in [5.74, 6) is -0.785. The fraction of sp³-hybridized carbons (Fsp3) is 0.417. The van der Waals surface area contributed by atoms with Crippen molar-refractivity contribution in [3.63, 3.8) is 0 Å². The van der Waals surface area contributed by atoms with Gasteiger partial charge in [0.05, 0.1) is 4.92 Å². The summed E-state index contributed by atoms with van der Waals surface area (Å²) in [7, 11) is 0. The zero-order valence-electron chi connectivity index (χ0n) is 9.96. The molecule has 0 unspecified atom stereocenters. The summed E-state index contributed by atoms with van der Waals surface area (Å²) < 4.78 is 0. The molecule has 0 bridgehead atoms. The molecule has 98 valence electrons. The Balaban J connectivity index is 2.19. The molecule has 0 saturated heterocycles. The number of carboxylic acid groups (broad SMARTS) is 1. The highest BCUT2D eigenvalue weighted by molar-refractivity contribution is 5.66. The number of hydrogen-bond acceptors (Lipinski definition) is 4. The van der Waals surface area contributed by atoms with Crippen LogP contribution in [0, 0.1) is 10.1 Å². The van der Waals surface area contributed by atoms with Crippen LogP contribution in [-0.2, 0) is 11.2 Å². The molecular formula is C12H16N2O4. The molecule has 0 heterocycles. The standard InChI is InChI=1S/C12H16N2O4/c15-12(16)2-1-8-13-9-7-10-3-5-11(6-4-10)14(17)18/h3-6,13H,1-2,7-9H2,(H,15,16). The quantitative estimate of drug-likeness (QED) is 0.416. The second-order valence-electron chi connectivity index (χ2n) is 3.92. The van der Waals surface area contributed by atoms with Crippen LogP contribution < -0.4 is 5.32 Å². The lowest BCUT2D eigenvalue weighted by Crippen LogP contribution is -2.19. The predicted molar refractivity (Wildman–Crippen MR) is 66.5 cm³/mol. The first-order valence-corrected chi connectivity index (χ1v) is 5.75. The predicted octanol–water partition coefficient (Wildman–Crippen LogP) is 1.59. The van der Waals surface area contributed by atoms with E-state index in [-0.39, 0.29) is 12.1 Å². The molecule has 18 heavy (non-hydrogen) atoms. The van der Waals surface area contributed by atoms with Crippen LogP contribution in [0.15, 0.2) is 24.3 Å². The number of carbonyl (C=O) groups is 1. The van der Waals surface area contributed by atoms with E-state index in [4.69, 9.17) is 5.11 Å². The van der Waals surface area contributed by atoms with E-state index in [0.717, 1.165) is 18.5 Å². The normalized spacial score (nSPS) is 10.2. The van der Waals surface area contributed by atoms with Crippen molar-refractivity contribution >= 4 is 11.7 Å². The number of nitro groups is 1. The zero-order chi connectivity index (χ0) is 13.4. The topological polar surface area (TPSA) is 92.5 Å². The molecule has 0 aliphatic rings. The van der Waals surface area contributed by atoms with Gasteiger partial charge in [-0.25, -0.2) is 0 Å². The Morgan fingerprint density at radius 1 is 1.28 bits per heavy atom. The summed E-state index contributed by atoms with van der Waals surface area (Å²) in [5, 5.41) is 22.0. The number of rotatable bonds is 8.